The summed E-state index contributed by atoms with van der Waals surface area (Å²) in [5, 5.41) is 84.0. The molecular formula is C25HF6N9. The van der Waals surface area contributed by atoms with Crippen molar-refractivity contribution in [2.75, 3.05) is 0 Å². The molecule has 0 N–H and O–H groups in total. The molecule has 2 aromatic carbocycles. The van der Waals surface area contributed by atoms with Crippen molar-refractivity contribution in [1.82, 2.24) is 0 Å². The zero-order valence-electron chi connectivity index (χ0n) is 18.9. The van der Waals surface area contributed by atoms with Crippen LogP contribution in [0.1, 0.15) is 50.1 Å². The third-order valence-corrected chi connectivity index (χ3v) is 5.18. The van der Waals surface area contributed by atoms with Crippen LogP contribution < -0.4 is 10.4 Å². The van der Waals surface area contributed by atoms with Crippen LogP contribution in [0.5, 0.6) is 0 Å². The number of alkyl halides is 6. The molecule has 0 aromatic heterocycles. The average Bonchev–Trinajstić information content (AvgIpc) is 2.91. The monoisotopic (exact) mass is 541 g/mol. The van der Waals surface area contributed by atoms with E-state index in [9.17, 15) is 73.7 Å². The highest BCUT2D eigenvalue weighted by Crippen LogP contribution is 2.43. The third kappa shape index (κ3) is 4.53. The fourth-order valence-corrected chi connectivity index (χ4v) is 3.73. The number of halogens is 6. The van der Waals surface area contributed by atoms with E-state index in [1.54, 1.807) is 0 Å². The molecule has 40 heavy (non-hydrogen) atoms. The van der Waals surface area contributed by atoms with Crippen molar-refractivity contribution in [2.45, 2.75) is 12.4 Å². The van der Waals surface area contributed by atoms with Gasteiger partial charge in [0.15, 0.2) is 0 Å². The van der Waals surface area contributed by atoms with Crippen LogP contribution in [-0.4, -0.2) is 0 Å². The Kier molecular flexibility index (Phi) is 7.83. The van der Waals surface area contributed by atoms with Gasteiger partial charge in [0, 0.05) is 16.0 Å². The predicted molar refractivity (Wildman–Crippen MR) is 113 cm³/mol. The van der Waals surface area contributed by atoms with Gasteiger partial charge >= 0.3 is 12.4 Å². The maximum Gasteiger partial charge on any atom is 0.418 e. The van der Waals surface area contributed by atoms with Gasteiger partial charge in [-0.25, -0.2) is 0 Å². The molecule has 0 atom stereocenters. The Labute approximate surface area is 218 Å². The van der Waals surface area contributed by atoms with Crippen molar-refractivity contribution in [2.24, 2.45) is 0 Å². The Morgan fingerprint density at radius 3 is 1.25 bits per heavy atom. The second-order valence-electron chi connectivity index (χ2n) is 7.10. The van der Waals surface area contributed by atoms with Crippen LogP contribution in [-0.2, 0) is 12.4 Å². The zero-order chi connectivity index (χ0) is 30.6. The fraction of sp³-hybridized carbons (Fsp3) is 0.0800. The number of rotatable bonds is 1. The van der Waals surface area contributed by atoms with Crippen LogP contribution in [0.25, 0.3) is 11.1 Å². The van der Waals surface area contributed by atoms with E-state index < -0.39 is 84.0 Å². The minimum atomic E-state index is -5.70. The largest absolute Gasteiger partial charge is 0.418 e. The highest BCUT2D eigenvalue weighted by Gasteiger charge is 2.44. The van der Waals surface area contributed by atoms with Crippen molar-refractivity contribution in [3.8, 4) is 54.6 Å². The lowest BCUT2D eigenvalue weighted by Gasteiger charge is -2.20. The molecule has 0 unspecified atom stereocenters. The van der Waals surface area contributed by atoms with E-state index in [4.69, 9.17) is 0 Å². The normalized spacial score (nSPS) is 10.0. The molecule has 2 aromatic rings. The molecule has 0 saturated heterocycles. The van der Waals surface area contributed by atoms with Gasteiger partial charge in [-0.2, -0.15) is 73.7 Å². The van der Waals surface area contributed by atoms with Crippen LogP contribution in [0.15, 0.2) is 6.07 Å². The summed E-state index contributed by atoms with van der Waals surface area (Å²) >= 11 is 0. The predicted octanol–water partition coefficient (Wildman–Crippen LogP) is 2.87. The van der Waals surface area contributed by atoms with Crippen LogP contribution in [0, 0.1) is 102 Å². The Bertz CT molecular complexity index is 1950. The molecular weight excluding hydrogens is 540 g/mol. The summed E-state index contributed by atoms with van der Waals surface area (Å²) in [7, 11) is 0. The Morgan fingerprint density at radius 2 is 0.950 bits per heavy atom. The van der Waals surface area contributed by atoms with Gasteiger partial charge in [0.05, 0.1) is 56.1 Å². The van der Waals surface area contributed by atoms with Crippen molar-refractivity contribution in [3.63, 3.8) is 0 Å². The molecule has 15 heteroatoms. The van der Waals surface area contributed by atoms with Crippen molar-refractivity contribution in [1.29, 1.82) is 47.4 Å². The molecule has 0 radical (unpaired) electrons. The van der Waals surface area contributed by atoms with E-state index in [1.807, 2.05) is 0 Å². The lowest BCUT2D eigenvalue weighted by molar-refractivity contribution is -0.141. The highest BCUT2D eigenvalue weighted by atomic mass is 19.4. The number of nitriles is 9. The summed E-state index contributed by atoms with van der Waals surface area (Å²) in [5.41, 5.74) is -16.6. The van der Waals surface area contributed by atoms with Crippen LogP contribution in [0.4, 0.5) is 26.3 Å². The highest BCUT2D eigenvalue weighted by molar-refractivity contribution is 5.88. The number of hydrogen-bond acceptors (Lipinski definition) is 9. The minimum Gasteiger partial charge on any atom is -0.192 e. The Morgan fingerprint density at radius 1 is 0.525 bits per heavy atom. The maximum absolute atomic E-state index is 14.2. The van der Waals surface area contributed by atoms with E-state index in [0.29, 0.717) is 0 Å². The molecule has 9 nitrogen and oxygen atoms in total. The lowest BCUT2D eigenvalue weighted by atomic mass is 9.83. The van der Waals surface area contributed by atoms with E-state index >= 15 is 0 Å². The first kappa shape index (κ1) is 29.4. The number of benzene rings is 2. The molecule has 0 bridgehead atoms. The maximum atomic E-state index is 14.2. The first-order valence-electron chi connectivity index (χ1n) is 9.72. The van der Waals surface area contributed by atoms with Crippen LogP contribution in [0.2, 0.25) is 0 Å². The minimum absolute atomic E-state index is 0.262. The second kappa shape index (κ2) is 10.7. The fourth-order valence-electron chi connectivity index (χ4n) is 3.73. The van der Waals surface area contributed by atoms with Crippen molar-refractivity contribution in [3.05, 3.63) is 66.6 Å². The number of hydrogen-bond donors (Lipinski definition) is 0. The van der Waals surface area contributed by atoms with E-state index in [1.165, 1.54) is 36.4 Å². The SMILES string of the molecule is N#CC(C#N)=c1c(C#N)c(C#N)c(=C(C#N)c2c(C#N)c(C(F)(F)F)cc(C#N)c2C(F)(F)F)c(C#N)c1C#N. The molecule has 0 aliphatic carbocycles. The molecule has 0 saturated carbocycles. The molecule has 0 aliphatic heterocycles. The van der Waals surface area contributed by atoms with Gasteiger partial charge in [-0.15, -0.1) is 0 Å². The first-order chi connectivity index (χ1) is 18.8. The van der Waals surface area contributed by atoms with Gasteiger partial charge in [-0.3, -0.25) is 0 Å². The molecule has 0 fully saturated rings. The second-order valence-corrected chi connectivity index (χ2v) is 7.10. The van der Waals surface area contributed by atoms with Crippen LogP contribution >= 0.6 is 0 Å². The molecule has 0 spiro atoms. The van der Waals surface area contributed by atoms with E-state index in [-0.39, 0.29) is 6.07 Å². The number of nitrogens with zero attached hydrogens (tertiary/aromatic N) is 9. The molecule has 188 valence electrons. The third-order valence-electron chi connectivity index (χ3n) is 5.18. The quantitative estimate of drug-likeness (QED) is 0.484. The standard InChI is InChI=1S/C25HF6N9/c26-24(27,28)19-1-11(2-32)23(25(29,30)31)22(17(19)9-39)18(10-40)21-15(7-37)13(5-35)20(12(3-33)4-34)14(6-36)16(21)8-38/h1H. The van der Waals surface area contributed by atoms with E-state index in [2.05, 4.69) is 0 Å². The van der Waals surface area contributed by atoms with Gasteiger partial charge in [0.25, 0.3) is 0 Å². The van der Waals surface area contributed by atoms with Gasteiger partial charge in [0.2, 0.25) is 0 Å². The smallest absolute Gasteiger partial charge is 0.192 e. The summed E-state index contributed by atoms with van der Waals surface area (Å²) < 4.78 is 84.0. The summed E-state index contributed by atoms with van der Waals surface area (Å²) in [6.45, 7) is 0. The summed E-state index contributed by atoms with van der Waals surface area (Å²) in [4.78, 5) is 0. The van der Waals surface area contributed by atoms with Crippen molar-refractivity contribution >= 4 is 11.1 Å². The molecule has 2 rings (SSSR count). The van der Waals surface area contributed by atoms with Gasteiger partial charge in [-0.05, 0) is 6.07 Å². The van der Waals surface area contributed by atoms with Gasteiger partial charge in [-0.1, -0.05) is 0 Å². The Balaban J connectivity index is 3.82. The van der Waals surface area contributed by atoms with Gasteiger partial charge < -0.3 is 0 Å². The average molecular weight is 541 g/mol. The van der Waals surface area contributed by atoms with Gasteiger partial charge in [0.1, 0.15) is 54.1 Å². The summed E-state index contributed by atoms with van der Waals surface area (Å²) in [5.74, 6) is 0. The molecule has 0 heterocycles. The molecule has 0 amide bonds. The summed E-state index contributed by atoms with van der Waals surface area (Å²) in [6, 6.07) is 10.6. The lowest BCUT2D eigenvalue weighted by Crippen LogP contribution is -2.30. The van der Waals surface area contributed by atoms with E-state index in [0.717, 1.165) is 18.2 Å². The summed E-state index contributed by atoms with van der Waals surface area (Å²) in [6.07, 6.45) is -11.2. The topological polar surface area (TPSA) is 214 Å². The Hall–Kier alpha value is -6.83. The molecule has 0 aliphatic rings. The zero-order valence-corrected chi connectivity index (χ0v) is 18.9. The van der Waals surface area contributed by atoms with Crippen molar-refractivity contribution < 1.29 is 26.3 Å². The first-order valence-corrected chi connectivity index (χ1v) is 9.72. The van der Waals surface area contributed by atoms with Crippen LogP contribution in [0.3, 0.4) is 0 Å².